The van der Waals surface area contributed by atoms with Crippen LogP contribution in [-0.2, 0) is 5.41 Å². The average Bonchev–Trinajstić information content (AvgIpc) is 3.06. The van der Waals surface area contributed by atoms with Crippen molar-refractivity contribution >= 4 is 39.0 Å². The first-order valence-electron chi connectivity index (χ1n) is 14.9. The topological polar surface area (TPSA) is 42.7 Å². The fourth-order valence-electron chi connectivity index (χ4n) is 7.16. The zero-order valence-electron chi connectivity index (χ0n) is 24.3. The lowest BCUT2D eigenvalue weighted by Gasteiger charge is -2.45. The third kappa shape index (κ3) is 3.42. The van der Waals surface area contributed by atoms with Gasteiger partial charge in [-0.25, -0.2) is 0 Å². The van der Waals surface area contributed by atoms with Gasteiger partial charge < -0.3 is 14.1 Å². The summed E-state index contributed by atoms with van der Waals surface area (Å²) in [6.07, 6.45) is 0. The quantitative estimate of drug-likeness (QED) is 0.194. The molecular formula is C40H27NO3. The first kappa shape index (κ1) is 24.9. The van der Waals surface area contributed by atoms with E-state index in [4.69, 9.17) is 9.15 Å². The van der Waals surface area contributed by atoms with Gasteiger partial charge in [-0.3, -0.25) is 4.79 Å². The van der Waals surface area contributed by atoms with Gasteiger partial charge in [0.25, 0.3) is 0 Å². The molecule has 7 aromatic rings. The molecule has 210 valence electrons. The van der Waals surface area contributed by atoms with Gasteiger partial charge in [0.1, 0.15) is 11.2 Å². The van der Waals surface area contributed by atoms with Gasteiger partial charge in [0.05, 0.1) is 27.8 Å². The van der Waals surface area contributed by atoms with Crippen LogP contribution in [0.15, 0.2) is 137 Å². The van der Waals surface area contributed by atoms with Crippen LogP contribution in [0.2, 0.25) is 0 Å². The highest BCUT2D eigenvalue weighted by atomic mass is 16.5. The number of benzene rings is 6. The Labute approximate surface area is 254 Å². The van der Waals surface area contributed by atoms with Crippen LogP contribution >= 0.6 is 0 Å². The molecule has 9 rings (SSSR count). The number of hydrogen-bond acceptors (Lipinski definition) is 4. The van der Waals surface area contributed by atoms with Gasteiger partial charge in [-0.15, -0.1) is 0 Å². The Morgan fingerprint density at radius 2 is 1.30 bits per heavy atom. The van der Waals surface area contributed by atoms with Crippen molar-refractivity contribution in [3.05, 3.63) is 149 Å². The lowest BCUT2D eigenvalue weighted by Crippen LogP contribution is -2.32. The Balaban J connectivity index is 1.23. The number of ether oxygens (including phenoxy) is 1. The molecule has 4 heteroatoms. The SMILES string of the molecule is CC1(C)c2cccc3c2N(c2ccccc2O3)c2cccc(-c3cccc(-c4ccc5oc6ccccc6c(=O)c5c4)c3)c21. The Hall–Kier alpha value is -5.61. The number of rotatable bonds is 2. The molecule has 0 unspecified atom stereocenters. The third-order valence-corrected chi connectivity index (χ3v) is 9.21. The Morgan fingerprint density at radius 1 is 0.591 bits per heavy atom. The number of para-hydroxylation sites is 4. The molecule has 0 amide bonds. The average molecular weight is 570 g/mol. The van der Waals surface area contributed by atoms with Crippen LogP contribution in [0.4, 0.5) is 17.1 Å². The standard InChI is InChI=1S/C40H27NO3/c1-40(2)30-14-9-19-36-38(30)41(31-15-4-6-18-35(31)44-36)32-16-8-13-27(37(32)40)26-11-7-10-24(22-26)25-20-21-34-29(23-25)39(42)28-12-3-5-17-33(28)43-34/h3-23H,1-2H3. The molecule has 0 atom stereocenters. The largest absolute Gasteiger partial charge is 0.456 e. The molecule has 0 radical (unpaired) electrons. The van der Waals surface area contributed by atoms with Gasteiger partial charge in [-0.1, -0.05) is 86.6 Å². The van der Waals surface area contributed by atoms with Crippen LogP contribution in [0, 0.1) is 0 Å². The normalized spacial score (nSPS) is 14.1. The van der Waals surface area contributed by atoms with E-state index in [2.05, 4.69) is 91.5 Å². The van der Waals surface area contributed by atoms with Gasteiger partial charge >= 0.3 is 0 Å². The van der Waals surface area contributed by atoms with Crippen molar-refractivity contribution in [2.75, 3.05) is 4.90 Å². The van der Waals surface area contributed by atoms with Gasteiger partial charge in [-0.05, 0) is 88.0 Å². The predicted molar refractivity (Wildman–Crippen MR) is 178 cm³/mol. The van der Waals surface area contributed by atoms with Gasteiger partial charge in [-0.2, -0.15) is 0 Å². The second-order valence-electron chi connectivity index (χ2n) is 12.1. The molecule has 1 aromatic heterocycles. The van der Waals surface area contributed by atoms with Crippen LogP contribution in [0.1, 0.15) is 25.0 Å². The first-order chi connectivity index (χ1) is 21.5. The highest BCUT2D eigenvalue weighted by molar-refractivity contribution is 5.96. The maximum absolute atomic E-state index is 13.4. The Kier molecular flexibility index (Phi) is 5.07. The summed E-state index contributed by atoms with van der Waals surface area (Å²) in [5, 5.41) is 1.18. The zero-order valence-corrected chi connectivity index (χ0v) is 24.3. The molecule has 0 saturated heterocycles. The van der Waals surface area contributed by atoms with E-state index in [0.29, 0.717) is 21.9 Å². The second kappa shape index (κ2) is 8.95. The molecule has 0 bridgehead atoms. The van der Waals surface area contributed by atoms with Gasteiger partial charge in [0.2, 0.25) is 5.43 Å². The van der Waals surface area contributed by atoms with Crippen LogP contribution in [-0.4, -0.2) is 0 Å². The lowest BCUT2D eigenvalue weighted by molar-refractivity contribution is 0.471. The number of fused-ring (bicyclic) bond motifs is 6. The summed E-state index contributed by atoms with van der Waals surface area (Å²) < 4.78 is 12.5. The smallest absolute Gasteiger partial charge is 0.200 e. The summed E-state index contributed by atoms with van der Waals surface area (Å²) >= 11 is 0. The van der Waals surface area contributed by atoms with E-state index in [-0.39, 0.29) is 10.8 Å². The minimum Gasteiger partial charge on any atom is -0.456 e. The summed E-state index contributed by atoms with van der Waals surface area (Å²) in [6.45, 7) is 4.61. The molecule has 44 heavy (non-hydrogen) atoms. The second-order valence-corrected chi connectivity index (χ2v) is 12.1. The molecule has 2 aliphatic heterocycles. The molecule has 2 aliphatic rings. The van der Waals surface area contributed by atoms with Crippen molar-refractivity contribution in [3.8, 4) is 33.8 Å². The minimum atomic E-state index is -0.289. The van der Waals surface area contributed by atoms with E-state index < -0.39 is 0 Å². The minimum absolute atomic E-state index is 0.0115. The van der Waals surface area contributed by atoms with E-state index in [0.717, 1.165) is 45.3 Å². The van der Waals surface area contributed by atoms with Crippen molar-refractivity contribution in [3.63, 3.8) is 0 Å². The number of nitrogens with zero attached hydrogens (tertiary/aromatic N) is 1. The molecule has 0 aliphatic carbocycles. The van der Waals surface area contributed by atoms with Crippen LogP contribution < -0.4 is 15.1 Å². The van der Waals surface area contributed by atoms with Crippen LogP contribution in [0.25, 0.3) is 44.2 Å². The summed E-state index contributed by atoms with van der Waals surface area (Å²) in [4.78, 5) is 15.8. The number of anilines is 3. The highest BCUT2D eigenvalue weighted by Gasteiger charge is 2.42. The zero-order chi connectivity index (χ0) is 29.6. The first-order valence-corrected chi connectivity index (χ1v) is 14.9. The fourth-order valence-corrected chi connectivity index (χ4v) is 7.16. The van der Waals surface area contributed by atoms with Crippen LogP contribution in [0.5, 0.6) is 11.5 Å². The Morgan fingerprint density at radius 3 is 2.23 bits per heavy atom. The Bertz CT molecular complexity index is 2380. The van der Waals surface area contributed by atoms with E-state index in [1.54, 1.807) is 0 Å². The summed E-state index contributed by atoms with van der Waals surface area (Å²) in [5.41, 5.74) is 11.0. The van der Waals surface area contributed by atoms with Crippen molar-refractivity contribution in [2.45, 2.75) is 19.3 Å². The maximum Gasteiger partial charge on any atom is 0.200 e. The molecule has 0 spiro atoms. The lowest BCUT2D eigenvalue weighted by atomic mass is 9.70. The van der Waals surface area contributed by atoms with E-state index >= 15 is 0 Å². The summed E-state index contributed by atoms with van der Waals surface area (Å²) in [7, 11) is 0. The van der Waals surface area contributed by atoms with Crippen LogP contribution in [0.3, 0.4) is 0 Å². The highest BCUT2D eigenvalue weighted by Crippen LogP contribution is 2.61. The summed E-state index contributed by atoms with van der Waals surface area (Å²) in [6, 6.07) is 43.1. The monoisotopic (exact) mass is 569 g/mol. The van der Waals surface area contributed by atoms with E-state index in [1.807, 2.05) is 54.6 Å². The molecular weight excluding hydrogens is 542 g/mol. The number of hydrogen-bond donors (Lipinski definition) is 0. The van der Waals surface area contributed by atoms with Gasteiger partial charge in [0, 0.05) is 5.41 Å². The summed E-state index contributed by atoms with van der Waals surface area (Å²) in [5.74, 6) is 1.73. The van der Waals surface area contributed by atoms with Crippen molar-refractivity contribution in [2.24, 2.45) is 0 Å². The molecule has 4 nitrogen and oxygen atoms in total. The third-order valence-electron chi connectivity index (χ3n) is 9.21. The van der Waals surface area contributed by atoms with Crippen molar-refractivity contribution < 1.29 is 9.15 Å². The van der Waals surface area contributed by atoms with E-state index in [9.17, 15) is 4.79 Å². The molecule has 3 heterocycles. The molecule has 6 aromatic carbocycles. The fraction of sp³-hybridized carbons (Fsp3) is 0.0750. The molecule has 0 fully saturated rings. The van der Waals surface area contributed by atoms with Gasteiger partial charge in [0.15, 0.2) is 11.5 Å². The predicted octanol–water partition coefficient (Wildman–Crippen LogP) is 10.5. The van der Waals surface area contributed by atoms with Crippen molar-refractivity contribution in [1.29, 1.82) is 0 Å². The van der Waals surface area contributed by atoms with Crippen molar-refractivity contribution in [1.82, 2.24) is 0 Å². The van der Waals surface area contributed by atoms with E-state index in [1.165, 1.54) is 16.7 Å². The maximum atomic E-state index is 13.4. The molecule has 0 N–H and O–H groups in total. The molecule has 0 saturated carbocycles.